The van der Waals surface area contributed by atoms with Crippen molar-refractivity contribution in [2.45, 2.75) is 23.9 Å². The van der Waals surface area contributed by atoms with Crippen molar-refractivity contribution in [3.63, 3.8) is 0 Å². The number of nitrogens with zero attached hydrogens (tertiary/aromatic N) is 4. The van der Waals surface area contributed by atoms with Crippen LogP contribution in [0.25, 0.3) is 0 Å². The number of aromatic nitrogens is 4. The predicted molar refractivity (Wildman–Crippen MR) is 117 cm³/mol. The second kappa shape index (κ2) is 9.48. The lowest BCUT2D eigenvalue weighted by molar-refractivity contribution is -0.115. The summed E-state index contributed by atoms with van der Waals surface area (Å²) in [5, 5.41) is 14.9. The maximum absolute atomic E-state index is 13.4. The van der Waals surface area contributed by atoms with Crippen LogP contribution in [0.1, 0.15) is 22.1 Å². The lowest BCUT2D eigenvalue weighted by Crippen LogP contribution is -2.20. The van der Waals surface area contributed by atoms with Gasteiger partial charge in [0.05, 0.1) is 19.1 Å². The number of rotatable bonds is 8. The summed E-state index contributed by atoms with van der Waals surface area (Å²) in [5.41, 5.74) is 2.47. The number of hydrogen-bond donors (Lipinski definition) is 1. The molecule has 2 aromatic carbocycles. The van der Waals surface area contributed by atoms with E-state index in [0.717, 1.165) is 16.9 Å². The SMILES string of the molecule is COc1ccc(C)cc1NC(=O)C(Sc1nnnn1Cc1ccco1)c1ccccc1. The maximum atomic E-state index is 13.4. The highest BCUT2D eigenvalue weighted by molar-refractivity contribution is 8.00. The number of ether oxygens (including phenoxy) is 1. The van der Waals surface area contributed by atoms with Crippen LogP contribution in [0.2, 0.25) is 0 Å². The Morgan fingerprint density at radius 2 is 2.03 bits per heavy atom. The van der Waals surface area contributed by atoms with Gasteiger partial charge in [-0.3, -0.25) is 4.79 Å². The fourth-order valence-electron chi connectivity index (χ4n) is 3.05. The second-order valence-electron chi connectivity index (χ2n) is 6.80. The van der Waals surface area contributed by atoms with E-state index in [-0.39, 0.29) is 5.91 Å². The molecular formula is C22H21N5O3S. The van der Waals surface area contributed by atoms with Gasteiger partial charge in [0.2, 0.25) is 11.1 Å². The van der Waals surface area contributed by atoms with Gasteiger partial charge in [-0.2, -0.15) is 0 Å². The van der Waals surface area contributed by atoms with E-state index >= 15 is 0 Å². The number of methoxy groups -OCH3 is 1. The van der Waals surface area contributed by atoms with Crippen molar-refractivity contribution in [2.75, 3.05) is 12.4 Å². The van der Waals surface area contributed by atoms with Gasteiger partial charge in [-0.15, -0.1) is 5.10 Å². The summed E-state index contributed by atoms with van der Waals surface area (Å²) in [6, 6.07) is 18.8. The molecule has 8 nitrogen and oxygen atoms in total. The molecule has 0 aliphatic carbocycles. The average Bonchev–Trinajstić information content (AvgIpc) is 3.45. The van der Waals surface area contributed by atoms with Crippen molar-refractivity contribution in [1.29, 1.82) is 0 Å². The minimum atomic E-state index is -0.576. The van der Waals surface area contributed by atoms with Gasteiger partial charge in [0.25, 0.3) is 0 Å². The molecule has 0 radical (unpaired) electrons. The molecule has 1 N–H and O–H groups in total. The van der Waals surface area contributed by atoms with Crippen LogP contribution in [-0.2, 0) is 11.3 Å². The molecule has 0 bridgehead atoms. The van der Waals surface area contributed by atoms with Crippen molar-refractivity contribution >= 4 is 23.4 Å². The Balaban J connectivity index is 1.61. The number of benzene rings is 2. The third-order valence-electron chi connectivity index (χ3n) is 4.56. The first-order chi connectivity index (χ1) is 15.1. The molecule has 4 rings (SSSR count). The third-order valence-corrected chi connectivity index (χ3v) is 5.79. The van der Waals surface area contributed by atoms with Gasteiger partial charge in [0, 0.05) is 0 Å². The highest BCUT2D eigenvalue weighted by atomic mass is 32.2. The molecule has 0 aliphatic heterocycles. The number of hydrogen-bond acceptors (Lipinski definition) is 7. The van der Waals surface area contributed by atoms with E-state index in [9.17, 15) is 4.79 Å². The normalized spacial score (nSPS) is 11.8. The monoisotopic (exact) mass is 435 g/mol. The van der Waals surface area contributed by atoms with Crippen LogP contribution >= 0.6 is 11.8 Å². The van der Waals surface area contributed by atoms with Crippen LogP contribution in [0.4, 0.5) is 5.69 Å². The Morgan fingerprint density at radius 1 is 1.19 bits per heavy atom. The Labute approximate surface area is 183 Å². The molecular weight excluding hydrogens is 414 g/mol. The molecule has 1 atom stereocenters. The number of carbonyl (C=O) groups is 1. The smallest absolute Gasteiger partial charge is 0.242 e. The lowest BCUT2D eigenvalue weighted by atomic mass is 10.1. The number of carbonyl (C=O) groups excluding carboxylic acids is 1. The van der Waals surface area contributed by atoms with Gasteiger partial charge in [-0.25, -0.2) is 4.68 Å². The van der Waals surface area contributed by atoms with E-state index in [1.807, 2.05) is 67.6 Å². The molecule has 1 unspecified atom stereocenters. The highest BCUT2D eigenvalue weighted by Gasteiger charge is 2.26. The number of aryl methyl sites for hydroxylation is 1. The minimum Gasteiger partial charge on any atom is -0.495 e. The Bertz CT molecular complexity index is 1150. The van der Waals surface area contributed by atoms with Gasteiger partial charge in [0.15, 0.2) is 0 Å². The van der Waals surface area contributed by atoms with Gasteiger partial charge < -0.3 is 14.5 Å². The van der Waals surface area contributed by atoms with Gasteiger partial charge >= 0.3 is 0 Å². The van der Waals surface area contributed by atoms with Crippen LogP contribution in [0.3, 0.4) is 0 Å². The minimum absolute atomic E-state index is 0.201. The summed E-state index contributed by atoms with van der Waals surface area (Å²) in [4.78, 5) is 13.4. The van der Waals surface area contributed by atoms with Crippen molar-refractivity contribution in [2.24, 2.45) is 0 Å². The molecule has 4 aromatic rings. The standard InChI is InChI=1S/C22H21N5O3S/c1-15-10-11-19(29-2)18(13-15)23-21(28)20(16-7-4-3-5-8-16)31-22-24-25-26-27(22)14-17-9-6-12-30-17/h3-13,20H,14H2,1-2H3,(H,23,28). The van der Waals surface area contributed by atoms with E-state index < -0.39 is 5.25 Å². The maximum Gasteiger partial charge on any atom is 0.242 e. The van der Waals surface area contributed by atoms with E-state index in [2.05, 4.69) is 20.8 Å². The zero-order valence-electron chi connectivity index (χ0n) is 17.1. The molecule has 0 fully saturated rings. The molecule has 0 saturated carbocycles. The third kappa shape index (κ3) is 4.95. The van der Waals surface area contributed by atoms with Gasteiger partial charge in [-0.05, 0) is 52.7 Å². The molecule has 158 valence electrons. The zero-order chi connectivity index (χ0) is 21.6. The first-order valence-corrected chi connectivity index (χ1v) is 10.5. The second-order valence-corrected chi connectivity index (χ2v) is 7.87. The fraction of sp³-hybridized carbons (Fsp3) is 0.182. The highest BCUT2D eigenvalue weighted by Crippen LogP contribution is 2.36. The first-order valence-electron chi connectivity index (χ1n) is 9.59. The van der Waals surface area contributed by atoms with Crippen molar-refractivity contribution in [3.05, 3.63) is 83.8 Å². The topological polar surface area (TPSA) is 95.1 Å². The lowest BCUT2D eigenvalue weighted by Gasteiger charge is -2.18. The van der Waals surface area contributed by atoms with Crippen LogP contribution in [0.15, 0.2) is 76.5 Å². The number of tetrazole rings is 1. The summed E-state index contributed by atoms with van der Waals surface area (Å²) in [7, 11) is 1.58. The molecule has 0 aliphatic rings. The fourth-order valence-corrected chi connectivity index (χ4v) is 4.03. The molecule has 0 spiro atoms. The quantitative estimate of drug-likeness (QED) is 0.416. The van der Waals surface area contributed by atoms with Crippen molar-refractivity contribution in [3.8, 4) is 5.75 Å². The average molecular weight is 436 g/mol. The van der Waals surface area contributed by atoms with Crippen molar-refractivity contribution < 1.29 is 13.9 Å². The van der Waals surface area contributed by atoms with E-state index in [1.54, 1.807) is 18.1 Å². The molecule has 1 amide bonds. The Kier molecular flexibility index (Phi) is 6.32. The molecule has 31 heavy (non-hydrogen) atoms. The van der Waals surface area contributed by atoms with Crippen LogP contribution in [0.5, 0.6) is 5.75 Å². The summed E-state index contributed by atoms with van der Waals surface area (Å²) in [6.45, 7) is 2.33. The predicted octanol–water partition coefficient (Wildman–Crippen LogP) is 4.10. The Morgan fingerprint density at radius 3 is 2.77 bits per heavy atom. The molecule has 0 saturated heterocycles. The first kappa shape index (κ1) is 20.7. The van der Waals surface area contributed by atoms with E-state index in [0.29, 0.717) is 23.1 Å². The van der Waals surface area contributed by atoms with Crippen LogP contribution in [-0.4, -0.2) is 33.2 Å². The number of thioether (sulfide) groups is 1. The molecule has 2 aromatic heterocycles. The Hall–Kier alpha value is -3.59. The number of furan rings is 1. The summed E-state index contributed by atoms with van der Waals surface area (Å²) < 4.78 is 12.4. The van der Waals surface area contributed by atoms with Gasteiger partial charge in [-0.1, -0.05) is 48.2 Å². The number of anilines is 1. The summed E-state index contributed by atoms with van der Waals surface area (Å²) in [6.07, 6.45) is 1.60. The largest absolute Gasteiger partial charge is 0.495 e. The number of nitrogens with one attached hydrogen (secondary N) is 1. The van der Waals surface area contributed by atoms with E-state index in [4.69, 9.17) is 9.15 Å². The van der Waals surface area contributed by atoms with Gasteiger partial charge in [0.1, 0.15) is 23.3 Å². The zero-order valence-corrected chi connectivity index (χ0v) is 17.9. The number of amides is 1. The summed E-state index contributed by atoms with van der Waals surface area (Å²) in [5.74, 6) is 1.12. The van der Waals surface area contributed by atoms with Crippen LogP contribution in [0, 0.1) is 6.92 Å². The van der Waals surface area contributed by atoms with E-state index in [1.165, 1.54) is 11.8 Å². The van der Waals surface area contributed by atoms with Crippen LogP contribution < -0.4 is 10.1 Å². The summed E-state index contributed by atoms with van der Waals surface area (Å²) >= 11 is 1.27. The molecule has 2 heterocycles. The van der Waals surface area contributed by atoms with Crippen molar-refractivity contribution in [1.82, 2.24) is 20.2 Å². The molecule has 9 heteroatoms.